The van der Waals surface area contributed by atoms with Crippen molar-refractivity contribution < 1.29 is 27.5 Å². The molecule has 1 N–H and O–H groups in total. The predicted molar refractivity (Wildman–Crippen MR) is 83.1 cm³/mol. The molecule has 1 aromatic rings. The molecule has 0 atom stereocenters. The van der Waals surface area contributed by atoms with Crippen molar-refractivity contribution >= 4 is 23.3 Å². The van der Waals surface area contributed by atoms with Gasteiger partial charge in [0.25, 0.3) is 0 Å². The fourth-order valence-electron chi connectivity index (χ4n) is 2.49. The van der Waals surface area contributed by atoms with Gasteiger partial charge in [-0.3, -0.25) is 4.79 Å². The molecule has 1 aliphatic heterocycles. The van der Waals surface area contributed by atoms with E-state index in [0.717, 1.165) is 25.9 Å². The topological polar surface area (TPSA) is 58.6 Å². The molecule has 0 radical (unpaired) electrons. The maximum absolute atomic E-state index is 12.4. The van der Waals surface area contributed by atoms with Crippen LogP contribution in [0.1, 0.15) is 36.5 Å². The molecule has 0 aromatic heterocycles. The SMILES string of the molecule is CCCOC(=O)c1cc(NC(=O)C(F)(F)F)ccc1N1CCCC1. The standard InChI is InChI=1S/C16H19F3N2O3/c1-2-9-24-14(22)12-10-11(20-15(23)16(17,18)19)5-6-13(12)21-7-3-4-8-21/h5-6,10H,2-4,7-9H2,1H3,(H,20,23). The molecule has 1 fully saturated rings. The Labute approximate surface area is 137 Å². The third-order valence-electron chi connectivity index (χ3n) is 3.62. The Kier molecular flexibility index (Phi) is 5.69. The summed E-state index contributed by atoms with van der Waals surface area (Å²) in [5.41, 5.74) is 0.674. The molecule has 132 valence electrons. The Bertz CT molecular complexity index is 611. The largest absolute Gasteiger partial charge is 0.471 e. The molecule has 0 bridgehead atoms. The van der Waals surface area contributed by atoms with E-state index < -0.39 is 18.1 Å². The van der Waals surface area contributed by atoms with E-state index in [1.165, 1.54) is 12.1 Å². The minimum atomic E-state index is -4.99. The van der Waals surface area contributed by atoms with Crippen LogP contribution in [0.5, 0.6) is 0 Å². The first-order chi connectivity index (χ1) is 11.3. The summed E-state index contributed by atoms with van der Waals surface area (Å²) in [7, 11) is 0. The van der Waals surface area contributed by atoms with Crippen molar-refractivity contribution in [1.29, 1.82) is 0 Å². The van der Waals surface area contributed by atoms with Gasteiger partial charge in [0, 0.05) is 18.8 Å². The number of halogens is 3. The Morgan fingerprint density at radius 1 is 1.25 bits per heavy atom. The number of benzene rings is 1. The molecule has 1 saturated heterocycles. The third kappa shape index (κ3) is 4.39. The summed E-state index contributed by atoms with van der Waals surface area (Å²) in [5.74, 6) is -2.69. The summed E-state index contributed by atoms with van der Waals surface area (Å²) < 4.78 is 42.2. The number of amides is 1. The zero-order chi connectivity index (χ0) is 17.7. The molecule has 1 aliphatic rings. The Hall–Kier alpha value is -2.25. The molecule has 0 spiro atoms. The fourth-order valence-corrected chi connectivity index (χ4v) is 2.49. The van der Waals surface area contributed by atoms with Crippen LogP contribution in [0.25, 0.3) is 0 Å². The van der Waals surface area contributed by atoms with E-state index in [0.29, 0.717) is 12.1 Å². The van der Waals surface area contributed by atoms with Crippen LogP contribution < -0.4 is 10.2 Å². The number of nitrogens with zero attached hydrogens (tertiary/aromatic N) is 1. The Morgan fingerprint density at radius 2 is 1.92 bits per heavy atom. The molecular weight excluding hydrogens is 325 g/mol. The highest BCUT2D eigenvalue weighted by molar-refractivity contribution is 6.00. The van der Waals surface area contributed by atoms with Gasteiger partial charge in [0.05, 0.1) is 17.9 Å². The highest BCUT2D eigenvalue weighted by Gasteiger charge is 2.38. The molecule has 1 heterocycles. The van der Waals surface area contributed by atoms with Gasteiger partial charge in [-0.25, -0.2) is 4.79 Å². The molecular formula is C16H19F3N2O3. The minimum Gasteiger partial charge on any atom is -0.462 e. The van der Waals surface area contributed by atoms with Gasteiger partial charge in [0.2, 0.25) is 0 Å². The van der Waals surface area contributed by atoms with Crippen molar-refractivity contribution in [1.82, 2.24) is 0 Å². The minimum absolute atomic E-state index is 0.0938. The quantitative estimate of drug-likeness (QED) is 0.832. The van der Waals surface area contributed by atoms with E-state index in [1.54, 1.807) is 11.4 Å². The lowest BCUT2D eigenvalue weighted by Crippen LogP contribution is -2.30. The van der Waals surface area contributed by atoms with Crippen LogP contribution in [-0.4, -0.2) is 37.7 Å². The summed E-state index contributed by atoms with van der Waals surface area (Å²) in [5, 5.41) is 1.76. The van der Waals surface area contributed by atoms with Crippen LogP contribution in [0.4, 0.5) is 24.5 Å². The summed E-state index contributed by atoms with van der Waals surface area (Å²) >= 11 is 0. The number of hydrogen-bond acceptors (Lipinski definition) is 4. The van der Waals surface area contributed by atoms with Crippen LogP contribution in [0.15, 0.2) is 18.2 Å². The van der Waals surface area contributed by atoms with Crippen molar-refractivity contribution in [2.75, 3.05) is 29.9 Å². The highest BCUT2D eigenvalue weighted by Crippen LogP contribution is 2.29. The Morgan fingerprint density at radius 3 is 2.50 bits per heavy atom. The van der Waals surface area contributed by atoms with Crippen LogP contribution >= 0.6 is 0 Å². The van der Waals surface area contributed by atoms with E-state index in [4.69, 9.17) is 4.74 Å². The first kappa shape index (κ1) is 18.1. The second-order valence-corrected chi connectivity index (χ2v) is 5.51. The number of ether oxygens (including phenoxy) is 1. The van der Waals surface area contributed by atoms with Crippen molar-refractivity contribution in [2.24, 2.45) is 0 Å². The van der Waals surface area contributed by atoms with E-state index in [1.807, 2.05) is 11.8 Å². The highest BCUT2D eigenvalue weighted by atomic mass is 19.4. The summed E-state index contributed by atoms with van der Waals surface area (Å²) in [6.07, 6.45) is -2.39. The van der Waals surface area contributed by atoms with Crippen molar-refractivity contribution in [3.05, 3.63) is 23.8 Å². The lowest BCUT2D eigenvalue weighted by Gasteiger charge is -2.21. The van der Waals surface area contributed by atoms with E-state index >= 15 is 0 Å². The summed E-state index contributed by atoms with van der Waals surface area (Å²) in [6.45, 7) is 3.59. The molecule has 0 aliphatic carbocycles. The van der Waals surface area contributed by atoms with Crippen LogP contribution in [0, 0.1) is 0 Å². The van der Waals surface area contributed by atoms with Crippen molar-refractivity contribution in [3.63, 3.8) is 0 Å². The Balaban J connectivity index is 2.28. The predicted octanol–water partition coefficient (Wildman–Crippen LogP) is 3.35. The first-order valence-corrected chi connectivity index (χ1v) is 7.77. The summed E-state index contributed by atoms with van der Waals surface area (Å²) in [6, 6.07) is 4.13. The molecule has 1 amide bonds. The fraction of sp³-hybridized carbons (Fsp3) is 0.500. The number of rotatable bonds is 5. The van der Waals surface area contributed by atoms with Gasteiger partial charge in [-0.05, 0) is 37.5 Å². The molecule has 0 saturated carbocycles. The smallest absolute Gasteiger partial charge is 0.462 e. The maximum Gasteiger partial charge on any atom is 0.471 e. The number of anilines is 2. The van der Waals surface area contributed by atoms with Gasteiger partial charge in [-0.2, -0.15) is 13.2 Å². The lowest BCUT2D eigenvalue weighted by atomic mass is 10.1. The van der Waals surface area contributed by atoms with Crippen LogP contribution in [-0.2, 0) is 9.53 Å². The lowest BCUT2D eigenvalue weighted by molar-refractivity contribution is -0.167. The van der Waals surface area contributed by atoms with Gasteiger partial charge < -0.3 is 15.0 Å². The van der Waals surface area contributed by atoms with E-state index in [-0.39, 0.29) is 17.9 Å². The van der Waals surface area contributed by atoms with Crippen LogP contribution in [0.3, 0.4) is 0 Å². The van der Waals surface area contributed by atoms with Crippen molar-refractivity contribution in [3.8, 4) is 0 Å². The third-order valence-corrected chi connectivity index (χ3v) is 3.62. The van der Waals surface area contributed by atoms with E-state index in [2.05, 4.69) is 0 Å². The number of carbonyl (C=O) groups excluding carboxylic acids is 2. The second kappa shape index (κ2) is 7.55. The second-order valence-electron chi connectivity index (χ2n) is 5.51. The monoisotopic (exact) mass is 344 g/mol. The number of alkyl halides is 3. The zero-order valence-electron chi connectivity index (χ0n) is 13.3. The molecule has 2 rings (SSSR count). The number of hydrogen-bond donors (Lipinski definition) is 1. The summed E-state index contributed by atoms with van der Waals surface area (Å²) in [4.78, 5) is 25.3. The molecule has 5 nitrogen and oxygen atoms in total. The van der Waals surface area contributed by atoms with Crippen LogP contribution in [0.2, 0.25) is 0 Å². The van der Waals surface area contributed by atoms with Crippen molar-refractivity contribution in [2.45, 2.75) is 32.4 Å². The number of esters is 1. The average Bonchev–Trinajstić information content (AvgIpc) is 3.05. The number of carbonyl (C=O) groups is 2. The van der Waals surface area contributed by atoms with Gasteiger partial charge in [0.1, 0.15) is 0 Å². The first-order valence-electron chi connectivity index (χ1n) is 7.77. The molecule has 0 unspecified atom stereocenters. The normalized spacial score (nSPS) is 14.6. The van der Waals surface area contributed by atoms with Gasteiger partial charge in [0.15, 0.2) is 0 Å². The van der Waals surface area contributed by atoms with Gasteiger partial charge in [-0.15, -0.1) is 0 Å². The molecule has 8 heteroatoms. The number of nitrogens with one attached hydrogen (secondary N) is 1. The van der Waals surface area contributed by atoms with Gasteiger partial charge in [-0.1, -0.05) is 6.92 Å². The maximum atomic E-state index is 12.4. The van der Waals surface area contributed by atoms with Gasteiger partial charge >= 0.3 is 18.1 Å². The molecule has 24 heavy (non-hydrogen) atoms. The molecule has 1 aromatic carbocycles. The average molecular weight is 344 g/mol. The van der Waals surface area contributed by atoms with E-state index in [9.17, 15) is 22.8 Å². The zero-order valence-corrected chi connectivity index (χ0v) is 13.3.